The van der Waals surface area contributed by atoms with Crippen molar-refractivity contribution in [1.29, 1.82) is 0 Å². The molecule has 1 aromatic heterocycles. The predicted octanol–water partition coefficient (Wildman–Crippen LogP) is 3.96. The number of benzene rings is 2. The minimum Gasteiger partial charge on any atom is -0.467 e. The highest BCUT2D eigenvalue weighted by molar-refractivity contribution is 6.01. The molecule has 37 heavy (non-hydrogen) atoms. The summed E-state index contributed by atoms with van der Waals surface area (Å²) in [4.78, 5) is 42.1. The van der Waals surface area contributed by atoms with E-state index in [-0.39, 0.29) is 37.4 Å². The number of likely N-dealkylation sites (N-methyl/N-ethyl adjacent to an activating group) is 1. The molecule has 1 unspecified atom stereocenters. The van der Waals surface area contributed by atoms with Gasteiger partial charge in [-0.3, -0.25) is 14.5 Å². The third-order valence-corrected chi connectivity index (χ3v) is 6.43. The lowest BCUT2D eigenvalue weighted by Crippen LogP contribution is -2.47. The van der Waals surface area contributed by atoms with E-state index in [0.29, 0.717) is 41.6 Å². The van der Waals surface area contributed by atoms with E-state index in [0.717, 1.165) is 5.56 Å². The first kappa shape index (κ1) is 24.2. The Morgan fingerprint density at radius 1 is 1.08 bits per heavy atom. The van der Waals surface area contributed by atoms with Gasteiger partial charge in [0.05, 0.1) is 36.7 Å². The second-order valence-electron chi connectivity index (χ2n) is 8.81. The predicted molar refractivity (Wildman–Crippen MR) is 135 cm³/mol. The maximum absolute atomic E-state index is 13.5. The van der Waals surface area contributed by atoms with Crippen LogP contribution in [-0.2, 0) is 16.1 Å². The third kappa shape index (κ3) is 5.20. The molecule has 4 amide bonds. The van der Waals surface area contributed by atoms with Crippen molar-refractivity contribution in [1.82, 2.24) is 20.4 Å². The van der Waals surface area contributed by atoms with Crippen LogP contribution >= 0.6 is 0 Å². The van der Waals surface area contributed by atoms with Crippen molar-refractivity contribution in [2.75, 3.05) is 19.6 Å². The minimum atomic E-state index is -0.616. The monoisotopic (exact) mass is 500 g/mol. The Kier molecular flexibility index (Phi) is 6.93. The molecule has 2 aliphatic heterocycles. The molecule has 3 aromatic rings. The van der Waals surface area contributed by atoms with Crippen LogP contribution in [-0.4, -0.2) is 47.3 Å². The summed E-state index contributed by atoms with van der Waals surface area (Å²) in [7, 11) is 0. The van der Waals surface area contributed by atoms with Crippen molar-refractivity contribution in [2.24, 2.45) is 0 Å². The fourth-order valence-electron chi connectivity index (χ4n) is 4.62. The molecule has 2 aliphatic rings. The highest BCUT2D eigenvalue weighted by Gasteiger charge is 2.43. The second kappa shape index (κ2) is 10.6. The largest absolute Gasteiger partial charge is 0.467 e. The fourth-order valence-corrected chi connectivity index (χ4v) is 4.62. The first-order chi connectivity index (χ1) is 18.0. The van der Waals surface area contributed by atoms with E-state index in [2.05, 4.69) is 10.6 Å². The van der Waals surface area contributed by atoms with Crippen molar-refractivity contribution < 1.29 is 23.5 Å². The van der Waals surface area contributed by atoms with Crippen LogP contribution in [0.25, 0.3) is 0 Å². The minimum absolute atomic E-state index is 0.144. The number of nitrogens with zero attached hydrogens (tertiary/aromatic N) is 2. The molecular weight excluding hydrogens is 472 g/mol. The standard InChI is InChI=1S/C28H28N4O5/c1-2-32-23-18-31(14-13-24(33)29-17-22-12-7-15-36-22)27(34)25(23)26(30-28(32)35)19-8-6-11-21(16-19)37-20-9-4-3-5-10-20/h3-12,15-16,26H,2,13-14,17-18H2,1H3,(H,29,33)(H,30,35). The molecule has 0 bridgehead atoms. The summed E-state index contributed by atoms with van der Waals surface area (Å²) in [5, 5.41) is 5.78. The molecule has 2 aromatic carbocycles. The SMILES string of the molecule is CCN1C(=O)NC(c2cccc(Oc3ccccc3)c2)C2=C1CN(CCC(=O)NCc1ccco1)C2=O. The summed E-state index contributed by atoms with van der Waals surface area (Å²) in [5.41, 5.74) is 1.94. The summed E-state index contributed by atoms with van der Waals surface area (Å²) < 4.78 is 11.2. The number of ether oxygens (including phenoxy) is 1. The second-order valence-corrected chi connectivity index (χ2v) is 8.81. The van der Waals surface area contributed by atoms with Crippen LogP contribution in [0, 0.1) is 0 Å². The molecule has 2 N–H and O–H groups in total. The van der Waals surface area contributed by atoms with Crippen molar-refractivity contribution >= 4 is 17.8 Å². The summed E-state index contributed by atoms with van der Waals surface area (Å²) in [6.45, 7) is 3.11. The van der Waals surface area contributed by atoms with Crippen LogP contribution in [0.5, 0.6) is 11.5 Å². The number of urea groups is 1. The Balaban J connectivity index is 1.32. The highest BCUT2D eigenvalue weighted by Crippen LogP contribution is 2.37. The molecule has 1 atom stereocenters. The molecule has 0 spiro atoms. The number of nitrogens with one attached hydrogen (secondary N) is 2. The smallest absolute Gasteiger partial charge is 0.322 e. The number of para-hydroxylation sites is 1. The maximum atomic E-state index is 13.5. The maximum Gasteiger partial charge on any atom is 0.322 e. The molecule has 5 rings (SSSR count). The Hall–Kier alpha value is -4.53. The van der Waals surface area contributed by atoms with E-state index >= 15 is 0 Å². The van der Waals surface area contributed by atoms with Gasteiger partial charge in [-0.2, -0.15) is 0 Å². The van der Waals surface area contributed by atoms with E-state index in [1.54, 1.807) is 28.2 Å². The lowest BCUT2D eigenvalue weighted by atomic mass is 9.95. The summed E-state index contributed by atoms with van der Waals surface area (Å²) in [5.74, 6) is 1.59. The van der Waals surface area contributed by atoms with Gasteiger partial charge < -0.3 is 24.7 Å². The first-order valence-electron chi connectivity index (χ1n) is 12.3. The first-order valence-corrected chi connectivity index (χ1v) is 12.3. The third-order valence-electron chi connectivity index (χ3n) is 6.43. The van der Waals surface area contributed by atoms with Crippen LogP contribution in [0.15, 0.2) is 88.7 Å². The Morgan fingerprint density at radius 3 is 2.65 bits per heavy atom. The zero-order valence-corrected chi connectivity index (χ0v) is 20.5. The van der Waals surface area contributed by atoms with E-state index in [4.69, 9.17) is 9.15 Å². The van der Waals surface area contributed by atoms with E-state index < -0.39 is 6.04 Å². The zero-order valence-electron chi connectivity index (χ0n) is 20.5. The van der Waals surface area contributed by atoms with Crippen molar-refractivity contribution in [3.05, 3.63) is 95.6 Å². The van der Waals surface area contributed by atoms with Crippen LogP contribution in [0.1, 0.15) is 30.7 Å². The van der Waals surface area contributed by atoms with Crippen LogP contribution in [0.3, 0.4) is 0 Å². The zero-order chi connectivity index (χ0) is 25.8. The van der Waals surface area contributed by atoms with Gasteiger partial charge in [-0.15, -0.1) is 0 Å². The molecule has 0 saturated heterocycles. The van der Waals surface area contributed by atoms with Crippen molar-refractivity contribution in [2.45, 2.75) is 25.9 Å². The van der Waals surface area contributed by atoms with Crippen molar-refractivity contribution in [3.8, 4) is 11.5 Å². The Bertz CT molecular complexity index is 1320. The molecule has 9 nitrogen and oxygen atoms in total. The van der Waals surface area contributed by atoms with E-state index in [9.17, 15) is 14.4 Å². The number of furan rings is 1. The lowest BCUT2D eigenvalue weighted by Gasteiger charge is -2.33. The van der Waals surface area contributed by atoms with Gasteiger partial charge in [0.25, 0.3) is 5.91 Å². The molecule has 3 heterocycles. The van der Waals surface area contributed by atoms with Gasteiger partial charge in [0.1, 0.15) is 17.3 Å². The molecule has 0 aliphatic carbocycles. The molecule has 0 fully saturated rings. The molecule has 9 heteroatoms. The highest BCUT2D eigenvalue weighted by atomic mass is 16.5. The van der Waals surface area contributed by atoms with Crippen molar-refractivity contribution in [3.63, 3.8) is 0 Å². The quantitative estimate of drug-likeness (QED) is 0.463. The molecule has 0 saturated carbocycles. The van der Waals surface area contributed by atoms with Gasteiger partial charge in [-0.1, -0.05) is 30.3 Å². The number of carbonyl (C=O) groups is 3. The number of carbonyl (C=O) groups excluding carboxylic acids is 3. The summed E-state index contributed by atoms with van der Waals surface area (Å²) >= 11 is 0. The molecule has 0 radical (unpaired) electrons. The number of hydrogen-bond acceptors (Lipinski definition) is 5. The Morgan fingerprint density at radius 2 is 1.89 bits per heavy atom. The number of rotatable bonds is 9. The van der Waals surface area contributed by atoms with Crippen LogP contribution < -0.4 is 15.4 Å². The Labute approximate surface area is 214 Å². The van der Waals surface area contributed by atoms with Gasteiger partial charge in [0.2, 0.25) is 5.91 Å². The van der Waals surface area contributed by atoms with Gasteiger partial charge in [0.15, 0.2) is 0 Å². The number of amides is 4. The molecule has 190 valence electrons. The average molecular weight is 501 g/mol. The summed E-state index contributed by atoms with van der Waals surface area (Å²) in [6, 6.07) is 19.5. The summed E-state index contributed by atoms with van der Waals surface area (Å²) in [6.07, 6.45) is 1.70. The van der Waals surface area contributed by atoms with E-state index in [1.807, 2.05) is 61.5 Å². The topological polar surface area (TPSA) is 104 Å². The number of hydrogen-bond donors (Lipinski definition) is 2. The van der Waals surface area contributed by atoms with Gasteiger partial charge in [0, 0.05) is 19.5 Å². The lowest BCUT2D eigenvalue weighted by molar-refractivity contribution is -0.127. The van der Waals surface area contributed by atoms with Crippen LogP contribution in [0.2, 0.25) is 0 Å². The van der Waals surface area contributed by atoms with E-state index in [1.165, 1.54) is 0 Å². The van der Waals surface area contributed by atoms with Gasteiger partial charge in [-0.05, 0) is 48.9 Å². The molecular formula is C28H28N4O5. The normalized spacial score (nSPS) is 17.1. The van der Waals surface area contributed by atoms with Gasteiger partial charge in [-0.25, -0.2) is 4.79 Å². The fraction of sp³-hybridized carbons (Fsp3) is 0.250. The van der Waals surface area contributed by atoms with Gasteiger partial charge >= 0.3 is 6.03 Å². The van der Waals surface area contributed by atoms with Crippen LogP contribution in [0.4, 0.5) is 4.79 Å². The average Bonchev–Trinajstić information content (AvgIpc) is 3.55.